The second kappa shape index (κ2) is 7.61. The highest BCUT2D eigenvalue weighted by atomic mass is 35.5. The van der Waals surface area contributed by atoms with Crippen molar-refractivity contribution in [3.8, 4) is 5.75 Å². The number of fused-ring (bicyclic) bond motifs is 1. The maximum Gasteiger partial charge on any atom is 0.262 e. The number of halogens is 2. The van der Waals surface area contributed by atoms with Crippen LogP contribution in [0.25, 0.3) is 0 Å². The molecule has 0 bridgehead atoms. The van der Waals surface area contributed by atoms with E-state index in [1.165, 1.54) is 19.2 Å². The molecule has 2 amide bonds. The quantitative estimate of drug-likeness (QED) is 0.858. The molecule has 8 heteroatoms. The first-order valence-corrected chi connectivity index (χ1v) is 8.33. The van der Waals surface area contributed by atoms with Gasteiger partial charge in [-0.2, -0.15) is 0 Å². The number of para-hydroxylation sites is 2. The molecule has 1 aliphatic rings. The Labute approximate surface area is 154 Å². The third-order valence-electron chi connectivity index (χ3n) is 3.94. The standard InChI is InChI=1S/C18H17ClFN3O3/c1-21-18(25)16-9-23(14-4-2-3-5-15(14)26-16)10-17(24)22-13-7-6-11(20)8-12(13)19/h2-8,16H,9-10H2,1H3,(H,21,25)(H,22,24)/t16-/m1/s1. The molecule has 1 atom stereocenters. The van der Waals surface area contributed by atoms with Gasteiger partial charge in [-0.1, -0.05) is 23.7 Å². The lowest BCUT2D eigenvalue weighted by Gasteiger charge is -2.35. The molecule has 2 aromatic rings. The molecule has 0 unspecified atom stereocenters. The fraction of sp³-hybridized carbons (Fsp3) is 0.222. The lowest BCUT2D eigenvalue weighted by atomic mass is 10.1. The third kappa shape index (κ3) is 3.88. The van der Waals surface area contributed by atoms with Gasteiger partial charge in [-0.3, -0.25) is 9.59 Å². The summed E-state index contributed by atoms with van der Waals surface area (Å²) in [4.78, 5) is 26.1. The van der Waals surface area contributed by atoms with Crippen molar-refractivity contribution in [1.29, 1.82) is 0 Å². The maximum absolute atomic E-state index is 13.1. The minimum absolute atomic E-state index is 0.0123. The summed E-state index contributed by atoms with van der Waals surface area (Å²) in [5.41, 5.74) is 1.04. The summed E-state index contributed by atoms with van der Waals surface area (Å²) in [5.74, 6) is -0.569. The van der Waals surface area contributed by atoms with E-state index < -0.39 is 11.9 Å². The van der Waals surface area contributed by atoms with Gasteiger partial charge in [0, 0.05) is 7.05 Å². The van der Waals surface area contributed by atoms with Gasteiger partial charge in [-0.15, -0.1) is 0 Å². The van der Waals surface area contributed by atoms with Crippen molar-refractivity contribution in [3.05, 3.63) is 53.3 Å². The maximum atomic E-state index is 13.1. The molecular formula is C18H17ClFN3O3. The van der Waals surface area contributed by atoms with Crippen LogP contribution in [0.3, 0.4) is 0 Å². The van der Waals surface area contributed by atoms with Gasteiger partial charge in [0.05, 0.1) is 29.5 Å². The van der Waals surface area contributed by atoms with Crippen molar-refractivity contribution in [2.45, 2.75) is 6.10 Å². The molecule has 3 rings (SSSR count). The van der Waals surface area contributed by atoms with Gasteiger partial charge in [0.1, 0.15) is 11.6 Å². The lowest BCUT2D eigenvalue weighted by Crippen LogP contribution is -2.50. The van der Waals surface area contributed by atoms with E-state index in [1.54, 1.807) is 17.0 Å². The van der Waals surface area contributed by atoms with Crippen LogP contribution < -0.4 is 20.3 Å². The van der Waals surface area contributed by atoms with E-state index >= 15 is 0 Å². The Morgan fingerprint density at radius 3 is 2.81 bits per heavy atom. The number of hydrogen-bond donors (Lipinski definition) is 2. The molecule has 0 spiro atoms. The van der Waals surface area contributed by atoms with Gasteiger partial charge in [0.15, 0.2) is 6.10 Å². The number of nitrogens with zero attached hydrogens (tertiary/aromatic N) is 1. The van der Waals surface area contributed by atoms with Gasteiger partial charge in [-0.25, -0.2) is 4.39 Å². The van der Waals surface area contributed by atoms with Crippen LogP contribution in [0.4, 0.5) is 15.8 Å². The number of anilines is 2. The van der Waals surface area contributed by atoms with Crippen LogP contribution in [0.15, 0.2) is 42.5 Å². The summed E-state index contributed by atoms with van der Waals surface area (Å²) in [7, 11) is 1.53. The van der Waals surface area contributed by atoms with Crippen molar-refractivity contribution in [2.75, 3.05) is 30.4 Å². The summed E-state index contributed by atoms with van der Waals surface area (Å²) in [6, 6.07) is 10.9. The van der Waals surface area contributed by atoms with Gasteiger partial charge in [0.2, 0.25) is 5.91 Å². The molecule has 0 aliphatic carbocycles. The van der Waals surface area contributed by atoms with E-state index in [0.717, 1.165) is 6.07 Å². The highest BCUT2D eigenvalue weighted by molar-refractivity contribution is 6.33. The van der Waals surface area contributed by atoms with Crippen LogP contribution in [-0.2, 0) is 9.59 Å². The van der Waals surface area contributed by atoms with E-state index in [-0.39, 0.29) is 29.9 Å². The molecule has 136 valence electrons. The molecule has 1 heterocycles. The molecule has 0 radical (unpaired) electrons. The SMILES string of the molecule is CNC(=O)[C@H]1CN(CC(=O)Nc2ccc(F)cc2Cl)c2ccccc2O1. The van der Waals surface area contributed by atoms with Crippen molar-refractivity contribution < 1.29 is 18.7 Å². The van der Waals surface area contributed by atoms with E-state index in [4.69, 9.17) is 16.3 Å². The van der Waals surface area contributed by atoms with E-state index in [0.29, 0.717) is 17.1 Å². The molecule has 0 aromatic heterocycles. The fourth-order valence-electron chi connectivity index (χ4n) is 2.71. The molecule has 0 fully saturated rings. The third-order valence-corrected chi connectivity index (χ3v) is 4.25. The number of benzene rings is 2. The lowest BCUT2D eigenvalue weighted by molar-refractivity contribution is -0.127. The number of amides is 2. The summed E-state index contributed by atoms with van der Waals surface area (Å²) in [6.07, 6.45) is -0.725. The average molecular weight is 378 g/mol. The highest BCUT2D eigenvalue weighted by Crippen LogP contribution is 2.33. The van der Waals surface area contributed by atoms with Crippen LogP contribution >= 0.6 is 11.6 Å². The smallest absolute Gasteiger partial charge is 0.262 e. The molecule has 2 aromatic carbocycles. The molecule has 1 aliphatic heterocycles. The Balaban J connectivity index is 1.76. The van der Waals surface area contributed by atoms with Crippen LogP contribution in [0.2, 0.25) is 5.02 Å². The second-order valence-electron chi connectivity index (χ2n) is 5.74. The zero-order valence-corrected chi connectivity index (χ0v) is 14.7. The van der Waals surface area contributed by atoms with Crippen LogP contribution in [0.5, 0.6) is 5.75 Å². The Bertz CT molecular complexity index is 846. The zero-order chi connectivity index (χ0) is 18.7. The molecule has 0 saturated heterocycles. The molecular weight excluding hydrogens is 361 g/mol. The van der Waals surface area contributed by atoms with Crippen molar-refractivity contribution in [2.24, 2.45) is 0 Å². The summed E-state index contributed by atoms with van der Waals surface area (Å²) in [6.45, 7) is 0.211. The van der Waals surface area contributed by atoms with E-state index in [2.05, 4.69) is 10.6 Å². The number of likely N-dealkylation sites (N-methyl/N-ethyl adjacent to an activating group) is 1. The number of ether oxygens (including phenoxy) is 1. The minimum Gasteiger partial charge on any atom is -0.477 e. The number of carbonyl (C=O) groups is 2. The van der Waals surface area contributed by atoms with E-state index in [1.807, 2.05) is 12.1 Å². The first kappa shape index (κ1) is 18.0. The predicted octanol–water partition coefficient (Wildman–Crippen LogP) is 2.43. The Hall–Kier alpha value is -2.80. The molecule has 0 saturated carbocycles. The van der Waals surface area contributed by atoms with Crippen LogP contribution in [0, 0.1) is 5.82 Å². The Kier molecular flexibility index (Phi) is 5.27. The fourth-order valence-corrected chi connectivity index (χ4v) is 2.92. The second-order valence-corrected chi connectivity index (χ2v) is 6.15. The molecule has 26 heavy (non-hydrogen) atoms. The van der Waals surface area contributed by atoms with Crippen LogP contribution in [0.1, 0.15) is 0 Å². The van der Waals surface area contributed by atoms with E-state index in [9.17, 15) is 14.0 Å². The van der Waals surface area contributed by atoms with Crippen LogP contribution in [-0.4, -0.2) is 38.1 Å². The number of carbonyl (C=O) groups excluding carboxylic acids is 2. The summed E-state index contributed by atoms with van der Waals surface area (Å²) in [5, 5.41) is 5.32. The monoisotopic (exact) mass is 377 g/mol. The summed E-state index contributed by atoms with van der Waals surface area (Å²) < 4.78 is 18.8. The summed E-state index contributed by atoms with van der Waals surface area (Å²) >= 11 is 5.94. The van der Waals surface area contributed by atoms with Gasteiger partial charge in [-0.05, 0) is 30.3 Å². The normalized spacial score (nSPS) is 15.7. The number of hydrogen-bond acceptors (Lipinski definition) is 4. The molecule has 2 N–H and O–H groups in total. The first-order valence-electron chi connectivity index (χ1n) is 7.95. The topological polar surface area (TPSA) is 70.7 Å². The highest BCUT2D eigenvalue weighted by Gasteiger charge is 2.31. The number of nitrogens with one attached hydrogen (secondary N) is 2. The van der Waals surface area contributed by atoms with Crippen molar-refractivity contribution in [3.63, 3.8) is 0 Å². The Morgan fingerprint density at radius 2 is 2.08 bits per heavy atom. The van der Waals surface area contributed by atoms with Crippen molar-refractivity contribution >= 4 is 34.8 Å². The zero-order valence-electron chi connectivity index (χ0n) is 14.0. The number of rotatable bonds is 4. The van der Waals surface area contributed by atoms with Gasteiger partial charge < -0.3 is 20.3 Å². The predicted molar refractivity (Wildman–Crippen MR) is 97.2 cm³/mol. The Morgan fingerprint density at radius 1 is 1.31 bits per heavy atom. The van der Waals surface area contributed by atoms with Gasteiger partial charge >= 0.3 is 0 Å². The largest absolute Gasteiger partial charge is 0.477 e. The first-order chi connectivity index (χ1) is 12.5. The van der Waals surface area contributed by atoms with Crippen molar-refractivity contribution in [1.82, 2.24) is 5.32 Å². The molecule has 6 nitrogen and oxygen atoms in total. The average Bonchev–Trinajstić information content (AvgIpc) is 2.63. The minimum atomic E-state index is -0.725. The van der Waals surface area contributed by atoms with Gasteiger partial charge in [0.25, 0.3) is 5.91 Å².